The second-order valence-electron chi connectivity index (χ2n) is 23.9. The van der Waals surface area contributed by atoms with Gasteiger partial charge >= 0.3 is 0 Å². The summed E-state index contributed by atoms with van der Waals surface area (Å²) < 4.78 is 0. The highest BCUT2D eigenvalue weighted by molar-refractivity contribution is 8.78. The minimum Gasteiger partial charge on any atom is -0.370 e. The predicted octanol–water partition coefficient (Wildman–Crippen LogP) is -4.05. The number of aldehydes is 2. The lowest BCUT2D eigenvalue weighted by atomic mass is 9.99. The number of aliphatic imine (C=N–C) groups is 2. The first-order chi connectivity index (χ1) is 46.1. The molecule has 35 heteroatoms. The first-order valence-electron chi connectivity index (χ1n) is 31.2. The van der Waals surface area contributed by atoms with E-state index in [1.165, 1.54) is 47.1 Å². The number of benzene rings is 2. The van der Waals surface area contributed by atoms with Crippen LogP contribution in [-0.4, -0.2) is 202 Å². The van der Waals surface area contributed by atoms with Crippen molar-refractivity contribution in [2.45, 2.75) is 151 Å². The van der Waals surface area contributed by atoms with E-state index < -0.39 is 143 Å². The zero-order valence-electron chi connectivity index (χ0n) is 54.4. The minimum atomic E-state index is -2.07. The summed E-state index contributed by atoms with van der Waals surface area (Å²) in [5.41, 5.74) is 20.9. The van der Waals surface area contributed by atoms with Crippen molar-refractivity contribution in [2.75, 3.05) is 31.9 Å². The summed E-state index contributed by atoms with van der Waals surface area (Å²) in [6.45, 7) is 10.1. The van der Waals surface area contributed by atoms with Crippen LogP contribution in [0.25, 0.3) is 10.9 Å². The first kappa shape index (κ1) is 76.2. The summed E-state index contributed by atoms with van der Waals surface area (Å²) in [6.07, 6.45) is 4.45. The number of carbonyl (C=O) groups is 12. The van der Waals surface area contributed by atoms with Gasteiger partial charge in [0.25, 0.3) is 0 Å². The third kappa shape index (κ3) is 23.2. The molecule has 2 bridgehead atoms. The van der Waals surface area contributed by atoms with Crippen molar-refractivity contribution >= 4 is 116 Å². The Bertz CT molecular complexity index is 3530. The maximum Gasteiger partial charge on any atom is 0.248 e. The Hall–Kier alpha value is -9.87. The maximum atomic E-state index is 15.4. The number of aromatic amines is 2. The molecular formula is C62H87N21O12S2. The fourth-order valence-corrected chi connectivity index (χ4v) is 12.6. The van der Waals surface area contributed by atoms with Gasteiger partial charge < -0.3 is 106 Å². The van der Waals surface area contributed by atoms with Gasteiger partial charge in [0.05, 0.1) is 18.4 Å². The molecule has 0 aliphatic carbocycles. The Morgan fingerprint density at radius 3 is 1.69 bits per heavy atom. The number of aromatic nitrogens is 3. The van der Waals surface area contributed by atoms with Crippen molar-refractivity contribution < 1.29 is 57.5 Å². The average Bonchev–Trinajstić information content (AvgIpc) is 1.79. The van der Waals surface area contributed by atoms with Crippen LogP contribution in [0.4, 0.5) is 0 Å². The van der Waals surface area contributed by atoms with E-state index in [-0.39, 0.29) is 81.4 Å². The number of fused-ring (bicyclic) bond motifs is 6. The number of H-pyrrole nitrogens is 2. The van der Waals surface area contributed by atoms with E-state index in [2.05, 4.69) is 95.3 Å². The number of imidazole rings is 1. The number of rotatable bonds is 16. The van der Waals surface area contributed by atoms with Gasteiger partial charge in [-0.3, -0.25) is 57.9 Å². The van der Waals surface area contributed by atoms with Gasteiger partial charge in [-0.15, -0.1) is 0 Å². The van der Waals surface area contributed by atoms with Crippen LogP contribution in [0.15, 0.2) is 94.8 Å². The third-order valence-corrected chi connectivity index (χ3v) is 18.4. The molecule has 6 rings (SSSR count). The molecule has 97 heavy (non-hydrogen) atoms. The Morgan fingerprint density at radius 1 is 0.567 bits per heavy atom. The zero-order chi connectivity index (χ0) is 71.0. The molecule has 0 spiro atoms. The molecular weight excluding hydrogens is 1290 g/mol. The lowest BCUT2D eigenvalue weighted by molar-refractivity contribution is -0.135. The highest BCUT2D eigenvalue weighted by atomic mass is 33.1. The van der Waals surface area contributed by atoms with Gasteiger partial charge in [-0.25, -0.2) is 4.98 Å². The molecule has 2 aliphatic heterocycles. The molecule has 2 aliphatic rings. The molecule has 0 saturated carbocycles. The molecule has 2 saturated heterocycles. The van der Waals surface area contributed by atoms with Crippen molar-refractivity contribution in [1.29, 1.82) is 0 Å². The van der Waals surface area contributed by atoms with Gasteiger partial charge in [0, 0.05) is 85.1 Å². The fourth-order valence-electron chi connectivity index (χ4n) is 10.1. The van der Waals surface area contributed by atoms with Crippen LogP contribution in [0.5, 0.6) is 0 Å². The summed E-state index contributed by atoms with van der Waals surface area (Å²) in [5, 5.41) is 33.3. The molecule has 2 fully saturated rings. The van der Waals surface area contributed by atoms with E-state index in [1.807, 2.05) is 0 Å². The van der Waals surface area contributed by atoms with Crippen molar-refractivity contribution in [2.24, 2.45) is 32.9 Å². The van der Waals surface area contributed by atoms with Gasteiger partial charge in [0.15, 0.2) is 11.9 Å². The van der Waals surface area contributed by atoms with Crippen molar-refractivity contribution in [3.63, 3.8) is 0 Å². The Labute approximate surface area is 567 Å². The number of nitrogens with one attached hydrogen (secondary N) is 14. The van der Waals surface area contributed by atoms with Crippen LogP contribution in [-0.2, 0) is 76.8 Å². The quantitative estimate of drug-likeness (QED) is 0.0167. The predicted molar refractivity (Wildman–Crippen MR) is 365 cm³/mol. The van der Waals surface area contributed by atoms with E-state index in [0.29, 0.717) is 40.3 Å². The van der Waals surface area contributed by atoms with Crippen LogP contribution in [0.3, 0.4) is 0 Å². The van der Waals surface area contributed by atoms with Crippen LogP contribution in [0, 0.1) is 0 Å². The van der Waals surface area contributed by atoms with Crippen LogP contribution >= 0.6 is 21.6 Å². The smallest absolute Gasteiger partial charge is 0.248 e. The van der Waals surface area contributed by atoms with E-state index in [9.17, 15) is 47.9 Å². The topological polar surface area (TPSA) is 522 Å². The standard InChI is InChI=1S/C62H87N21O12S2/c1-33-49(86)74-36(4)52(89)82-61(6,29-84)27-71-34(2)50(87)76-44(19-13-21-69-60(65)66)54(91)81-48-37(5)97-96-31-62(30-85,28-72-33)83-57(94)46(23-39-25-70-42-17-11-10-16-41(39)42)80-53(90)43(18-12-20-68-59(63)64)77-55(92)45(22-38-14-8-7-9-15-38)79-56(93)47(24-40-26-67-32-73-40)78-51(88)35(3)75-58(48)95/h7-11,14-17,25-26,29-30,32-36,43-48,70-72H,5,12-13,18-24,27-28,31H2,1-4,6H3,(H,67,73)(H,74,86)(H,75,95)(H,76,87)(H,77,92)(H,78,88)(H,79,93)(H,80,90)(H,81,91)(H,82,89)(H,83,94)(H4,63,64,68)(H4,65,66,69)/t33-,34-,35-,36-,43-,44-,45+,46-,47-,48-,61-,62+/m0/s1. The maximum absolute atomic E-state index is 15.4. The second-order valence-corrected chi connectivity index (χ2v) is 26.4. The van der Waals surface area contributed by atoms with E-state index in [4.69, 9.17) is 22.9 Å². The largest absolute Gasteiger partial charge is 0.370 e. The number of para-hydroxylation sites is 1. The molecule has 0 radical (unpaired) electrons. The van der Waals surface area contributed by atoms with Crippen LogP contribution in [0.2, 0.25) is 0 Å². The molecule has 2 aromatic carbocycles. The molecule has 4 heterocycles. The number of nitrogens with two attached hydrogens (primary N) is 4. The van der Waals surface area contributed by atoms with Gasteiger partial charge in [-0.2, -0.15) is 0 Å². The molecule has 0 unspecified atom stereocenters. The van der Waals surface area contributed by atoms with Crippen molar-refractivity contribution in [1.82, 2.24) is 78.8 Å². The summed E-state index contributed by atoms with van der Waals surface area (Å²) >= 11 is 0. The van der Waals surface area contributed by atoms with Crippen LogP contribution < -0.4 is 86.7 Å². The number of hydrogen-bond donors (Lipinski definition) is 18. The minimum absolute atomic E-state index is 0.0107. The zero-order valence-corrected chi connectivity index (χ0v) is 56.0. The molecule has 22 N–H and O–H groups in total. The van der Waals surface area contributed by atoms with Crippen LogP contribution in [0.1, 0.15) is 77.1 Å². The van der Waals surface area contributed by atoms with Gasteiger partial charge in [-0.05, 0) is 77.5 Å². The Balaban J connectivity index is 1.52. The number of amides is 10. The van der Waals surface area contributed by atoms with Gasteiger partial charge in [-0.1, -0.05) is 76.7 Å². The Morgan fingerprint density at radius 2 is 1.08 bits per heavy atom. The van der Waals surface area contributed by atoms with Crippen molar-refractivity contribution in [3.05, 3.63) is 102 Å². The monoisotopic (exact) mass is 1380 g/mol. The highest BCUT2D eigenvalue weighted by Crippen LogP contribution is 2.34. The molecule has 10 amide bonds. The molecule has 2 aromatic heterocycles. The second kappa shape index (κ2) is 36.3. The van der Waals surface area contributed by atoms with E-state index >= 15 is 9.59 Å². The summed E-state index contributed by atoms with van der Waals surface area (Å²) in [5.74, 6) is -9.87. The fraction of sp³-hybridized carbons (Fsp3) is 0.468. The number of hydrogen-bond acceptors (Lipinski definition) is 19. The molecule has 524 valence electrons. The van der Waals surface area contributed by atoms with Crippen molar-refractivity contribution in [3.8, 4) is 0 Å². The third-order valence-electron chi connectivity index (χ3n) is 15.8. The summed E-state index contributed by atoms with van der Waals surface area (Å²) in [7, 11) is 1.61. The number of carbonyl (C=O) groups excluding carboxylic acids is 12. The Kier molecular flexibility index (Phi) is 28.5. The van der Waals surface area contributed by atoms with E-state index in [1.54, 1.807) is 60.8 Å². The van der Waals surface area contributed by atoms with Gasteiger partial charge in [0.2, 0.25) is 59.1 Å². The molecule has 12 atom stereocenters. The SMILES string of the molecule is C=C1SSC[C@]2(C=O)CN[C@@H](C)C(=O)N[C@@H](C)C(=O)N[C@](C)(C=O)CN[C@@H](C)C(=O)N[C@@H](CCCN=C(N)N)C(=O)N[C@@H]1C(=O)N[C@@H](C)C(=O)N[C@@H](Cc1cnc[nH]1)C(=O)N[C@H](Cc1ccccc1)C(=O)N[C@@H](CCCN=C(N)N)C(=O)N[C@@H](Cc1c[nH]c3ccccc13)C(=O)N2. The van der Waals surface area contributed by atoms with Gasteiger partial charge in [0.1, 0.15) is 72.0 Å². The van der Waals surface area contributed by atoms with E-state index in [0.717, 1.165) is 21.6 Å². The molecule has 4 aromatic rings. The summed E-state index contributed by atoms with van der Waals surface area (Å²) in [6, 6.07) is 1.24. The summed E-state index contributed by atoms with van der Waals surface area (Å²) in [4.78, 5) is 191. The number of guanidine groups is 2. The normalized spacial score (nSPS) is 27.0. The average molecular weight is 1380 g/mol. The molecule has 33 nitrogen and oxygen atoms in total. The lowest BCUT2D eigenvalue weighted by Crippen LogP contribution is -2.64. The number of nitrogens with zero attached hydrogens (tertiary/aromatic N) is 3. The highest BCUT2D eigenvalue weighted by Gasteiger charge is 2.40. The first-order valence-corrected chi connectivity index (χ1v) is 33.6. The lowest BCUT2D eigenvalue weighted by Gasteiger charge is -2.33.